The van der Waals surface area contributed by atoms with Gasteiger partial charge in [0.05, 0.1) is 13.2 Å². The zero-order valence-corrected chi connectivity index (χ0v) is 22.6. The molecule has 1 fully saturated rings. The smallest absolute Gasteiger partial charge is 0.217 e. The largest absolute Gasteiger partial charge is 0.481 e. The molecule has 5 heteroatoms. The van der Waals surface area contributed by atoms with Crippen molar-refractivity contribution in [2.45, 2.75) is 24.0 Å². The SMILES string of the molecule is COc1ncc(-c2ccccc2)cc1C(c1ccccc1)C(O)(CCN1CC(O)C1)c1cccc2ccccc12. The predicted octanol–water partition coefficient (Wildman–Crippen LogP) is 6.00. The van der Waals surface area contributed by atoms with Crippen LogP contribution < -0.4 is 4.74 Å². The van der Waals surface area contributed by atoms with Gasteiger partial charge in [0, 0.05) is 42.9 Å². The van der Waals surface area contributed by atoms with Crippen LogP contribution >= 0.6 is 0 Å². The standard InChI is InChI=1S/C35H34N2O3/c1-40-34-31(21-28(22-36-34)25-11-4-2-5-12-25)33(27-14-6-3-7-15-27)35(39,19-20-37-23-29(38)24-37)32-18-10-16-26-13-8-9-17-30(26)32/h2-18,21-22,29,33,38-39H,19-20,23-24H2,1H3. The molecular weight excluding hydrogens is 496 g/mol. The van der Waals surface area contributed by atoms with Gasteiger partial charge in [-0.1, -0.05) is 103 Å². The van der Waals surface area contributed by atoms with E-state index in [0.29, 0.717) is 31.9 Å². The fraction of sp³-hybridized carbons (Fsp3) is 0.229. The third kappa shape index (κ3) is 5.00. The van der Waals surface area contributed by atoms with Crippen LogP contribution in [0.1, 0.15) is 29.0 Å². The number of benzene rings is 4. The Kier molecular flexibility index (Phi) is 7.35. The summed E-state index contributed by atoms with van der Waals surface area (Å²) in [5, 5.41) is 25.2. The second kappa shape index (κ2) is 11.2. The van der Waals surface area contributed by atoms with Gasteiger partial charge in [0.1, 0.15) is 5.60 Å². The molecule has 0 radical (unpaired) electrons. The summed E-state index contributed by atoms with van der Waals surface area (Å²) in [5.41, 5.74) is 3.37. The number of aliphatic hydroxyl groups excluding tert-OH is 1. The Morgan fingerprint density at radius 3 is 2.27 bits per heavy atom. The molecule has 202 valence electrons. The van der Waals surface area contributed by atoms with E-state index in [4.69, 9.17) is 9.72 Å². The zero-order valence-electron chi connectivity index (χ0n) is 22.6. The van der Waals surface area contributed by atoms with E-state index in [1.807, 2.05) is 66.9 Å². The average Bonchev–Trinajstić information content (AvgIpc) is 2.99. The van der Waals surface area contributed by atoms with Crippen LogP contribution in [0.2, 0.25) is 0 Å². The second-order valence-corrected chi connectivity index (χ2v) is 10.6. The van der Waals surface area contributed by atoms with Gasteiger partial charge in [-0.15, -0.1) is 0 Å². The van der Waals surface area contributed by atoms with Crippen molar-refractivity contribution in [3.8, 4) is 17.0 Å². The third-order valence-electron chi connectivity index (χ3n) is 8.10. The van der Waals surface area contributed by atoms with Crippen molar-refractivity contribution in [1.29, 1.82) is 0 Å². The number of β-amino-alcohol motifs (C(OH)–C–C–N with tert-alkyl or cyclic N) is 1. The number of likely N-dealkylation sites (tertiary alicyclic amines) is 1. The monoisotopic (exact) mass is 530 g/mol. The summed E-state index contributed by atoms with van der Waals surface area (Å²) in [6, 6.07) is 36.8. The molecule has 2 unspecified atom stereocenters. The number of aromatic nitrogens is 1. The van der Waals surface area contributed by atoms with Crippen molar-refractivity contribution in [3.63, 3.8) is 0 Å². The van der Waals surface area contributed by atoms with E-state index in [0.717, 1.165) is 38.6 Å². The summed E-state index contributed by atoms with van der Waals surface area (Å²) in [4.78, 5) is 6.94. The fourth-order valence-electron chi connectivity index (χ4n) is 6.08. The topological polar surface area (TPSA) is 65.8 Å². The zero-order chi connectivity index (χ0) is 27.5. The van der Waals surface area contributed by atoms with Crippen LogP contribution in [0.3, 0.4) is 0 Å². The number of hydrogen-bond acceptors (Lipinski definition) is 5. The van der Waals surface area contributed by atoms with Gasteiger partial charge in [-0.2, -0.15) is 0 Å². The molecule has 0 bridgehead atoms. The first-order chi connectivity index (χ1) is 19.6. The van der Waals surface area contributed by atoms with Gasteiger partial charge < -0.3 is 14.9 Å². The molecule has 2 heterocycles. The van der Waals surface area contributed by atoms with Gasteiger partial charge in [0.2, 0.25) is 5.88 Å². The van der Waals surface area contributed by atoms with E-state index in [2.05, 4.69) is 53.4 Å². The van der Waals surface area contributed by atoms with E-state index >= 15 is 0 Å². The molecule has 2 atom stereocenters. The first-order valence-electron chi connectivity index (χ1n) is 13.8. The molecule has 5 aromatic rings. The molecule has 4 aromatic carbocycles. The van der Waals surface area contributed by atoms with Crippen LogP contribution in [0.4, 0.5) is 0 Å². The summed E-state index contributed by atoms with van der Waals surface area (Å²) in [7, 11) is 1.63. The first-order valence-corrected chi connectivity index (χ1v) is 13.8. The van der Waals surface area contributed by atoms with Crippen LogP contribution in [0, 0.1) is 0 Å². The lowest BCUT2D eigenvalue weighted by Crippen LogP contribution is -2.52. The Morgan fingerprint density at radius 1 is 0.875 bits per heavy atom. The lowest BCUT2D eigenvalue weighted by atomic mass is 9.70. The Labute approximate surface area is 235 Å². The number of methoxy groups -OCH3 is 1. The van der Waals surface area contributed by atoms with Crippen LogP contribution in [-0.4, -0.2) is 52.9 Å². The molecule has 1 saturated heterocycles. The predicted molar refractivity (Wildman–Crippen MR) is 159 cm³/mol. The maximum Gasteiger partial charge on any atom is 0.217 e. The third-order valence-corrected chi connectivity index (χ3v) is 8.10. The molecule has 1 aliphatic rings. The van der Waals surface area contributed by atoms with Crippen molar-refractivity contribution in [1.82, 2.24) is 9.88 Å². The minimum atomic E-state index is -1.31. The van der Waals surface area contributed by atoms with Crippen LogP contribution in [0.15, 0.2) is 115 Å². The first kappa shape index (κ1) is 26.2. The van der Waals surface area contributed by atoms with Gasteiger partial charge in [0.15, 0.2) is 0 Å². The molecule has 1 aliphatic heterocycles. The molecule has 0 amide bonds. The van der Waals surface area contributed by atoms with Crippen molar-refractivity contribution in [3.05, 3.63) is 132 Å². The van der Waals surface area contributed by atoms with Gasteiger partial charge in [-0.25, -0.2) is 4.98 Å². The second-order valence-electron chi connectivity index (χ2n) is 10.6. The fourth-order valence-corrected chi connectivity index (χ4v) is 6.08. The molecule has 0 saturated carbocycles. The number of aliphatic hydroxyl groups is 2. The van der Waals surface area contributed by atoms with Crippen LogP contribution in [0.25, 0.3) is 21.9 Å². The number of pyridine rings is 1. The van der Waals surface area contributed by atoms with Crippen molar-refractivity contribution >= 4 is 10.8 Å². The number of hydrogen-bond donors (Lipinski definition) is 2. The highest BCUT2D eigenvalue weighted by Crippen LogP contribution is 2.49. The van der Waals surface area contributed by atoms with E-state index in [-0.39, 0.29) is 6.10 Å². The van der Waals surface area contributed by atoms with E-state index in [1.165, 1.54) is 0 Å². The Morgan fingerprint density at radius 2 is 1.55 bits per heavy atom. The summed E-state index contributed by atoms with van der Waals surface area (Å²) >= 11 is 0. The average molecular weight is 531 g/mol. The normalized spacial score (nSPS) is 16.3. The van der Waals surface area contributed by atoms with E-state index in [1.54, 1.807) is 7.11 Å². The summed E-state index contributed by atoms with van der Waals surface area (Å²) < 4.78 is 5.86. The number of rotatable bonds is 9. The van der Waals surface area contributed by atoms with Gasteiger partial charge in [0.25, 0.3) is 0 Å². The number of fused-ring (bicyclic) bond motifs is 1. The number of ether oxygens (including phenoxy) is 1. The Hall–Kier alpha value is -4.03. The highest BCUT2D eigenvalue weighted by atomic mass is 16.5. The van der Waals surface area contributed by atoms with Crippen molar-refractivity contribution in [2.24, 2.45) is 0 Å². The van der Waals surface area contributed by atoms with Gasteiger partial charge in [-0.3, -0.25) is 4.90 Å². The quantitative estimate of drug-likeness (QED) is 0.245. The summed E-state index contributed by atoms with van der Waals surface area (Å²) in [6.07, 6.45) is 1.99. The molecule has 1 aromatic heterocycles. The maximum absolute atomic E-state index is 13.2. The van der Waals surface area contributed by atoms with Crippen molar-refractivity contribution < 1.29 is 14.9 Å². The minimum Gasteiger partial charge on any atom is -0.481 e. The Bertz CT molecular complexity index is 1580. The maximum atomic E-state index is 13.2. The molecule has 6 rings (SSSR count). The molecule has 0 spiro atoms. The summed E-state index contributed by atoms with van der Waals surface area (Å²) in [5.74, 6) is 0.0170. The van der Waals surface area contributed by atoms with Gasteiger partial charge in [-0.05, 0) is 39.9 Å². The van der Waals surface area contributed by atoms with Crippen molar-refractivity contribution in [2.75, 3.05) is 26.7 Å². The molecular formula is C35H34N2O3. The molecule has 2 N–H and O–H groups in total. The summed E-state index contributed by atoms with van der Waals surface area (Å²) in [6.45, 7) is 1.89. The lowest BCUT2D eigenvalue weighted by Gasteiger charge is -2.42. The number of nitrogens with zero attached hydrogens (tertiary/aromatic N) is 2. The minimum absolute atomic E-state index is 0.303. The molecule has 0 aliphatic carbocycles. The lowest BCUT2D eigenvalue weighted by molar-refractivity contribution is -0.0352. The Balaban J connectivity index is 1.58. The highest BCUT2D eigenvalue weighted by molar-refractivity contribution is 5.86. The van der Waals surface area contributed by atoms with Crippen LogP contribution in [0.5, 0.6) is 5.88 Å². The van der Waals surface area contributed by atoms with E-state index < -0.39 is 11.5 Å². The molecule has 5 nitrogen and oxygen atoms in total. The highest BCUT2D eigenvalue weighted by Gasteiger charge is 2.44. The van der Waals surface area contributed by atoms with Gasteiger partial charge >= 0.3 is 0 Å². The van der Waals surface area contributed by atoms with E-state index in [9.17, 15) is 10.2 Å². The van der Waals surface area contributed by atoms with Crippen LogP contribution in [-0.2, 0) is 5.60 Å². The molecule has 40 heavy (non-hydrogen) atoms.